The quantitative estimate of drug-likeness (QED) is 0.608. The molecule has 0 unspecified atom stereocenters. The largest absolute Gasteiger partial charge is 0.466 e. The fourth-order valence-electron chi connectivity index (χ4n) is 2.04. The highest BCUT2D eigenvalue weighted by molar-refractivity contribution is 5.77. The van der Waals surface area contributed by atoms with Crippen molar-refractivity contribution in [1.82, 2.24) is 0 Å². The average Bonchev–Trinajstić information content (AvgIpc) is 2.54. The summed E-state index contributed by atoms with van der Waals surface area (Å²) in [4.78, 5) is 11.6. The molecule has 1 fully saturated rings. The van der Waals surface area contributed by atoms with E-state index in [0.717, 1.165) is 19.3 Å². The van der Waals surface area contributed by atoms with Crippen LogP contribution in [0.4, 0.5) is 0 Å². The molecule has 12 heavy (non-hydrogen) atoms. The minimum absolute atomic E-state index is 0.0324. The first-order valence-corrected chi connectivity index (χ1v) is 4.92. The van der Waals surface area contributed by atoms with Gasteiger partial charge < -0.3 is 4.74 Å². The molecule has 0 aromatic rings. The van der Waals surface area contributed by atoms with E-state index in [1.165, 1.54) is 12.8 Å². The summed E-state index contributed by atoms with van der Waals surface area (Å²) < 4.78 is 5.08. The van der Waals surface area contributed by atoms with Crippen molar-refractivity contribution in [3.05, 3.63) is 0 Å². The molecular weight excluding hydrogens is 152 g/mol. The maximum atomic E-state index is 11.6. The first-order valence-electron chi connectivity index (χ1n) is 4.92. The van der Waals surface area contributed by atoms with E-state index in [1.54, 1.807) is 0 Å². The Kier molecular flexibility index (Phi) is 3.12. The zero-order valence-corrected chi connectivity index (χ0v) is 8.06. The highest BCUT2D eigenvalue weighted by atomic mass is 16.5. The lowest BCUT2D eigenvalue weighted by molar-refractivity contribution is -0.155. The smallest absolute Gasteiger partial charge is 0.312 e. The number of carbonyl (C=O) groups excluding carboxylic acids is 1. The van der Waals surface area contributed by atoms with Crippen LogP contribution in [0.3, 0.4) is 0 Å². The highest BCUT2D eigenvalue weighted by Crippen LogP contribution is 2.41. The SMILES string of the molecule is CCOC(=O)C1(CC)CCCC1. The molecule has 0 spiro atoms. The molecule has 0 bridgehead atoms. The fraction of sp³-hybridized carbons (Fsp3) is 0.900. The third-order valence-corrected chi connectivity index (χ3v) is 2.95. The first kappa shape index (κ1) is 9.56. The van der Waals surface area contributed by atoms with Gasteiger partial charge in [-0.2, -0.15) is 0 Å². The second-order valence-electron chi connectivity index (χ2n) is 3.56. The summed E-state index contributed by atoms with van der Waals surface area (Å²) in [6.45, 7) is 4.47. The van der Waals surface area contributed by atoms with Gasteiger partial charge in [0.1, 0.15) is 0 Å². The maximum absolute atomic E-state index is 11.6. The Labute approximate surface area is 74.3 Å². The number of carbonyl (C=O) groups is 1. The average molecular weight is 170 g/mol. The Morgan fingerprint density at radius 1 is 1.33 bits per heavy atom. The van der Waals surface area contributed by atoms with Crippen LogP contribution in [0.1, 0.15) is 46.0 Å². The summed E-state index contributed by atoms with van der Waals surface area (Å²) in [5.41, 5.74) is -0.115. The Morgan fingerprint density at radius 3 is 2.33 bits per heavy atom. The minimum Gasteiger partial charge on any atom is -0.466 e. The van der Waals surface area contributed by atoms with Crippen molar-refractivity contribution < 1.29 is 9.53 Å². The summed E-state index contributed by atoms with van der Waals surface area (Å²) in [6.07, 6.45) is 5.37. The Hall–Kier alpha value is -0.530. The van der Waals surface area contributed by atoms with Crippen molar-refractivity contribution in [3.8, 4) is 0 Å². The predicted molar refractivity (Wildman–Crippen MR) is 47.8 cm³/mol. The van der Waals surface area contributed by atoms with Crippen molar-refractivity contribution in [3.63, 3.8) is 0 Å². The molecule has 0 aromatic carbocycles. The van der Waals surface area contributed by atoms with Crippen LogP contribution in [0.15, 0.2) is 0 Å². The van der Waals surface area contributed by atoms with Gasteiger partial charge in [0.25, 0.3) is 0 Å². The normalized spacial score (nSPS) is 20.8. The van der Waals surface area contributed by atoms with Gasteiger partial charge in [-0.1, -0.05) is 19.8 Å². The molecule has 0 aromatic heterocycles. The molecule has 0 saturated heterocycles. The van der Waals surface area contributed by atoms with Gasteiger partial charge >= 0.3 is 5.97 Å². The summed E-state index contributed by atoms with van der Waals surface area (Å²) >= 11 is 0. The van der Waals surface area contributed by atoms with E-state index in [9.17, 15) is 4.79 Å². The summed E-state index contributed by atoms with van der Waals surface area (Å²) in [6, 6.07) is 0. The number of ether oxygens (including phenoxy) is 1. The third kappa shape index (κ3) is 1.62. The van der Waals surface area contributed by atoms with Crippen LogP contribution >= 0.6 is 0 Å². The standard InChI is InChI=1S/C10H18O2/c1-3-10(7-5-6-8-10)9(11)12-4-2/h3-8H2,1-2H3. The second-order valence-corrected chi connectivity index (χ2v) is 3.56. The molecule has 2 heteroatoms. The van der Waals surface area contributed by atoms with Crippen LogP contribution in [-0.2, 0) is 9.53 Å². The topological polar surface area (TPSA) is 26.3 Å². The Bertz CT molecular complexity index is 157. The second kappa shape index (κ2) is 3.92. The van der Waals surface area contributed by atoms with Gasteiger partial charge in [0.15, 0.2) is 0 Å². The highest BCUT2D eigenvalue weighted by Gasteiger charge is 2.40. The van der Waals surface area contributed by atoms with Gasteiger partial charge in [-0.3, -0.25) is 4.79 Å². The van der Waals surface area contributed by atoms with Gasteiger partial charge in [-0.15, -0.1) is 0 Å². The molecule has 0 heterocycles. The van der Waals surface area contributed by atoms with E-state index in [-0.39, 0.29) is 11.4 Å². The number of hydrogen-bond donors (Lipinski definition) is 0. The molecular formula is C10H18O2. The van der Waals surface area contributed by atoms with Gasteiger partial charge in [-0.25, -0.2) is 0 Å². The van der Waals surface area contributed by atoms with Crippen LogP contribution in [0.2, 0.25) is 0 Å². The molecule has 1 aliphatic carbocycles. The maximum Gasteiger partial charge on any atom is 0.312 e. The van der Waals surface area contributed by atoms with Gasteiger partial charge in [0.2, 0.25) is 0 Å². The third-order valence-electron chi connectivity index (χ3n) is 2.95. The molecule has 0 atom stereocenters. The summed E-state index contributed by atoms with van der Waals surface area (Å²) in [5, 5.41) is 0. The van der Waals surface area contributed by atoms with Gasteiger partial charge in [0.05, 0.1) is 12.0 Å². The van der Waals surface area contributed by atoms with Gasteiger partial charge in [0, 0.05) is 0 Å². The molecule has 0 aliphatic heterocycles. The molecule has 0 N–H and O–H groups in total. The van der Waals surface area contributed by atoms with E-state index in [2.05, 4.69) is 6.92 Å². The van der Waals surface area contributed by atoms with E-state index in [0.29, 0.717) is 6.61 Å². The van der Waals surface area contributed by atoms with Crippen molar-refractivity contribution >= 4 is 5.97 Å². The summed E-state index contributed by atoms with van der Waals surface area (Å²) in [5.74, 6) is 0.0324. The number of esters is 1. The van der Waals surface area contributed by atoms with Crippen molar-refractivity contribution in [2.45, 2.75) is 46.0 Å². The first-order chi connectivity index (χ1) is 5.75. The van der Waals surface area contributed by atoms with E-state index in [4.69, 9.17) is 4.74 Å². The number of hydrogen-bond acceptors (Lipinski definition) is 2. The van der Waals surface area contributed by atoms with Crippen molar-refractivity contribution in [2.75, 3.05) is 6.61 Å². The lowest BCUT2D eigenvalue weighted by Gasteiger charge is -2.24. The lowest BCUT2D eigenvalue weighted by atomic mass is 9.83. The molecule has 70 valence electrons. The van der Waals surface area contributed by atoms with E-state index >= 15 is 0 Å². The molecule has 1 aliphatic rings. The Morgan fingerprint density at radius 2 is 1.92 bits per heavy atom. The van der Waals surface area contributed by atoms with Crippen LogP contribution in [0, 0.1) is 5.41 Å². The minimum atomic E-state index is -0.115. The van der Waals surface area contributed by atoms with E-state index < -0.39 is 0 Å². The number of rotatable bonds is 3. The van der Waals surface area contributed by atoms with Crippen LogP contribution < -0.4 is 0 Å². The van der Waals surface area contributed by atoms with Crippen LogP contribution in [0.5, 0.6) is 0 Å². The molecule has 2 nitrogen and oxygen atoms in total. The lowest BCUT2D eigenvalue weighted by Crippen LogP contribution is -2.29. The van der Waals surface area contributed by atoms with E-state index in [1.807, 2.05) is 6.92 Å². The van der Waals surface area contributed by atoms with Crippen molar-refractivity contribution in [2.24, 2.45) is 5.41 Å². The predicted octanol–water partition coefficient (Wildman–Crippen LogP) is 2.52. The molecule has 1 rings (SSSR count). The summed E-state index contributed by atoms with van der Waals surface area (Å²) in [7, 11) is 0. The van der Waals surface area contributed by atoms with Crippen molar-refractivity contribution in [1.29, 1.82) is 0 Å². The zero-order valence-electron chi connectivity index (χ0n) is 8.06. The van der Waals surface area contributed by atoms with Crippen LogP contribution in [0.25, 0.3) is 0 Å². The molecule has 1 saturated carbocycles. The fourth-order valence-corrected chi connectivity index (χ4v) is 2.04. The Balaban J connectivity index is 2.59. The van der Waals surface area contributed by atoms with Gasteiger partial charge in [-0.05, 0) is 26.2 Å². The molecule has 0 radical (unpaired) electrons. The van der Waals surface area contributed by atoms with Crippen LogP contribution in [-0.4, -0.2) is 12.6 Å². The molecule has 0 amide bonds. The monoisotopic (exact) mass is 170 g/mol. The zero-order chi connectivity index (χ0) is 9.03.